The van der Waals surface area contributed by atoms with E-state index in [1.165, 1.54) is 38.8 Å². The fourth-order valence-electron chi connectivity index (χ4n) is 4.33. The van der Waals surface area contributed by atoms with Gasteiger partial charge >= 0.3 is 0 Å². The molecule has 2 saturated heterocycles. The van der Waals surface area contributed by atoms with Crippen molar-refractivity contribution in [3.63, 3.8) is 0 Å². The maximum Gasteiger partial charge on any atom is 0.0973 e. The third-order valence-electron chi connectivity index (χ3n) is 5.16. The second kappa shape index (κ2) is 5.48. The maximum atomic E-state index is 2.67. The molecule has 3 nitrogen and oxygen atoms in total. The van der Waals surface area contributed by atoms with Gasteiger partial charge in [0.15, 0.2) is 0 Å². The van der Waals surface area contributed by atoms with Crippen molar-refractivity contribution < 1.29 is 15.1 Å². The van der Waals surface area contributed by atoms with E-state index in [-0.39, 0.29) is 0 Å². The molecule has 0 aromatic heterocycles. The molecule has 0 aromatic carbocycles. The Kier molecular flexibility index (Phi) is 4.35. The molecule has 0 spiro atoms. The van der Waals surface area contributed by atoms with E-state index in [0.717, 1.165) is 18.1 Å². The molecular weight excluding hydrogens is 222 g/mol. The monoisotopic (exact) mass is 256 g/mol. The largest absolute Gasteiger partial charge is 0.343 e. The van der Waals surface area contributed by atoms with Gasteiger partial charge in [0.05, 0.1) is 70.6 Å². The highest BCUT2D eigenvalue weighted by atomic mass is 15.2. The third-order valence-corrected chi connectivity index (χ3v) is 5.16. The predicted molar refractivity (Wildman–Crippen MR) is 75.0 cm³/mol. The Bertz CT molecular complexity index is 261. The number of fused-ring (bicyclic) bond motifs is 2. The first kappa shape index (κ1) is 14.3. The van der Waals surface area contributed by atoms with E-state index in [1.807, 2.05) is 4.90 Å². The lowest BCUT2D eigenvalue weighted by molar-refractivity contribution is -0.931. The summed E-state index contributed by atoms with van der Waals surface area (Å²) < 4.78 is 0. The van der Waals surface area contributed by atoms with Crippen molar-refractivity contribution >= 4 is 0 Å². The van der Waals surface area contributed by atoms with Crippen LogP contribution in [0.5, 0.6) is 0 Å². The quantitative estimate of drug-likeness (QED) is 0.504. The Morgan fingerprint density at radius 3 is 2.22 bits per heavy atom. The van der Waals surface area contributed by atoms with Crippen LogP contribution in [0, 0.1) is 5.41 Å². The first-order valence-corrected chi connectivity index (χ1v) is 7.83. The summed E-state index contributed by atoms with van der Waals surface area (Å²) in [7, 11) is 6.94. The van der Waals surface area contributed by atoms with Crippen LogP contribution < -0.4 is 15.1 Å². The van der Waals surface area contributed by atoms with Crippen molar-refractivity contribution in [2.45, 2.75) is 57.7 Å². The van der Waals surface area contributed by atoms with Crippen LogP contribution in [0.2, 0.25) is 0 Å². The molecule has 2 unspecified atom stereocenters. The number of hydrogen-bond donors (Lipinski definition) is 3. The summed E-state index contributed by atoms with van der Waals surface area (Å²) >= 11 is 0. The molecule has 0 amide bonds. The topological polar surface area (TPSA) is 25.5 Å². The summed E-state index contributed by atoms with van der Waals surface area (Å²) in [6, 6.07) is 2.84. The van der Waals surface area contributed by atoms with Gasteiger partial charge in [0.1, 0.15) is 0 Å². The van der Waals surface area contributed by atoms with Crippen LogP contribution in [0.3, 0.4) is 0 Å². The van der Waals surface area contributed by atoms with Crippen molar-refractivity contribution in [2.24, 2.45) is 5.41 Å². The van der Waals surface area contributed by atoms with Crippen LogP contribution in [0.4, 0.5) is 0 Å². The Hall–Kier alpha value is -0.120. The zero-order valence-electron chi connectivity index (χ0n) is 13.1. The Labute approximate surface area is 113 Å². The van der Waals surface area contributed by atoms with Gasteiger partial charge in [0, 0.05) is 12.8 Å². The SMILES string of the molecule is C[NH+](C)CC(C)(C)C[NH2+]C1C[C@H]2CC[C@@H](C1)[NH+]2C. The zero-order valence-corrected chi connectivity index (χ0v) is 13.1. The van der Waals surface area contributed by atoms with Crippen LogP contribution in [-0.2, 0) is 0 Å². The molecule has 3 heteroatoms. The summed E-state index contributed by atoms with van der Waals surface area (Å²) in [5, 5.41) is 2.67. The smallest absolute Gasteiger partial charge is 0.0973 e. The first-order valence-electron chi connectivity index (χ1n) is 7.83. The standard InChI is InChI=1S/C15H31N3/c1-15(2,11-17(3)4)10-16-12-8-13-6-7-14(9-12)18(13)5/h12-14,16H,6-11H2,1-5H3/p+3/t12?,13-,14+. The lowest BCUT2D eigenvalue weighted by atomic mass is 9.91. The first-order chi connectivity index (χ1) is 8.37. The van der Waals surface area contributed by atoms with E-state index in [4.69, 9.17) is 0 Å². The minimum absolute atomic E-state index is 0.466. The van der Waals surface area contributed by atoms with Gasteiger partial charge in [-0.05, 0) is 13.8 Å². The molecule has 0 saturated carbocycles. The fourth-order valence-corrected chi connectivity index (χ4v) is 4.33. The summed E-state index contributed by atoms with van der Waals surface area (Å²) in [6.45, 7) is 7.41. The summed E-state index contributed by atoms with van der Waals surface area (Å²) in [6.07, 6.45) is 5.86. The van der Waals surface area contributed by atoms with Crippen LogP contribution in [0.15, 0.2) is 0 Å². The average Bonchev–Trinajstić information content (AvgIpc) is 2.50. The molecule has 0 radical (unpaired) electrons. The lowest BCUT2D eigenvalue weighted by Crippen LogP contribution is -3.17. The zero-order chi connectivity index (χ0) is 13.3. The van der Waals surface area contributed by atoms with Gasteiger partial charge in [-0.2, -0.15) is 0 Å². The number of hydrogen-bond acceptors (Lipinski definition) is 0. The Morgan fingerprint density at radius 2 is 1.72 bits per heavy atom. The normalized spacial score (nSPS) is 36.3. The van der Waals surface area contributed by atoms with E-state index < -0.39 is 0 Å². The highest BCUT2D eigenvalue weighted by Gasteiger charge is 2.44. The van der Waals surface area contributed by atoms with E-state index in [2.05, 4.69) is 40.3 Å². The van der Waals surface area contributed by atoms with Crippen molar-refractivity contribution in [3.05, 3.63) is 0 Å². The molecule has 2 aliphatic heterocycles. The van der Waals surface area contributed by atoms with E-state index in [9.17, 15) is 0 Å². The van der Waals surface area contributed by atoms with Crippen molar-refractivity contribution in [3.8, 4) is 0 Å². The van der Waals surface area contributed by atoms with Gasteiger partial charge in [-0.25, -0.2) is 0 Å². The lowest BCUT2D eigenvalue weighted by Gasteiger charge is -2.33. The Morgan fingerprint density at radius 1 is 1.17 bits per heavy atom. The average molecular weight is 256 g/mol. The molecule has 2 heterocycles. The van der Waals surface area contributed by atoms with Crippen LogP contribution in [-0.4, -0.2) is 52.4 Å². The van der Waals surface area contributed by atoms with Crippen molar-refractivity contribution in [1.82, 2.24) is 0 Å². The van der Waals surface area contributed by atoms with E-state index >= 15 is 0 Å². The molecule has 4 atom stereocenters. The molecule has 2 bridgehead atoms. The second-order valence-electron chi connectivity index (χ2n) is 7.93. The maximum absolute atomic E-state index is 2.67. The molecule has 2 rings (SSSR count). The van der Waals surface area contributed by atoms with Crippen LogP contribution in [0.1, 0.15) is 39.5 Å². The van der Waals surface area contributed by atoms with Crippen LogP contribution in [0.25, 0.3) is 0 Å². The highest BCUT2D eigenvalue weighted by Crippen LogP contribution is 2.20. The molecular formula is C15H34N3+3. The molecule has 4 N–H and O–H groups in total. The van der Waals surface area contributed by atoms with Gasteiger partial charge in [-0.3, -0.25) is 0 Å². The van der Waals surface area contributed by atoms with Gasteiger partial charge in [-0.1, -0.05) is 0 Å². The van der Waals surface area contributed by atoms with Gasteiger partial charge < -0.3 is 15.1 Å². The van der Waals surface area contributed by atoms with E-state index in [1.54, 1.807) is 4.90 Å². The number of nitrogens with two attached hydrogens (primary N) is 1. The molecule has 106 valence electrons. The number of quaternary nitrogens is 3. The molecule has 0 aliphatic carbocycles. The van der Waals surface area contributed by atoms with E-state index in [0.29, 0.717) is 5.41 Å². The van der Waals surface area contributed by atoms with Crippen molar-refractivity contribution in [2.75, 3.05) is 34.2 Å². The van der Waals surface area contributed by atoms with Crippen molar-refractivity contribution in [1.29, 1.82) is 0 Å². The number of rotatable bonds is 5. The summed E-state index contributed by atoms with van der Waals surface area (Å²) in [4.78, 5) is 3.40. The molecule has 2 aliphatic rings. The Balaban J connectivity index is 1.78. The molecule has 0 aromatic rings. The van der Waals surface area contributed by atoms with Gasteiger partial charge in [-0.15, -0.1) is 0 Å². The number of piperidine rings is 1. The third kappa shape index (κ3) is 3.46. The second-order valence-corrected chi connectivity index (χ2v) is 7.93. The molecule has 2 fully saturated rings. The predicted octanol–water partition coefficient (Wildman–Crippen LogP) is -2.07. The van der Waals surface area contributed by atoms with Crippen LogP contribution >= 0.6 is 0 Å². The minimum atomic E-state index is 0.466. The summed E-state index contributed by atoms with van der Waals surface area (Å²) in [5.41, 5.74) is 0.466. The highest BCUT2D eigenvalue weighted by molar-refractivity contribution is 4.81. The summed E-state index contributed by atoms with van der Waals surface area (Å²) in [5.74, 6) is 0. The fraction of sp³-hybridized carbons (Fsp3) is 1.00. The van der Waals surface area contributed by atoms with Gasteiger partial charge in [0.2, 0.25) is 0 Å². The van der Waals surface area contributed by atoms with Gasteiger partial charge in [0.25, 0.3) is 0 Å². The minimum Gasteiger partial charge on any atom is -0.343 e. The number of nitrogens with one attached hydrogen (secondary N) is 2. The molecule has 18 heavy (non-hydrogen) atoms.